The number of aliphatic carboxylic acids is 1. The average Bonchev–Trinajstić information content (AvgIpc) is 2.79. The Morgan fingerprint density at radius 2 is 1.50 bits per heavy atom. The highest BCUT2D eigenvalue weighted by atomic mass is 16.6. The monoisotopic (exact) mass is 475 g/mol. The van der Waals surface area contributed by atoms with Crippen LogP contribution in [-0.4, -0.2) is 40.8 Å². The van der Waals surface area contributed by atoms with Crippen molar-refractivity contribution in [2.75, 3.05) is 0 Å². The van der Waals surface area contributed by atoms with Gasteiger partial charge in [-0.15, -0.1) is 0 Å². The molecule has 0 heterocycles. The van der Waals surface area contributed by atoms with Gasteiger partial charge in [-0.1, -0.05) is 43.2 Å². The predicted molar refractivity (Wildman–Crippen MR) is 131 cm³/mol. The minimum atomic E-state index is -1.28. The van der Waals surface area contributed by atoms with E-state index in [2.05, 4.69) is 10.7 Å². The average molecular weight is 476 g/mol. The topological polar surface area (TPSA) is 98.3 Å². The summed E-state index contributed by atoms with van der Waals surface area (Å²) in [5.74, 6) is -1.28. The minimum absolute atomic E-state index is 0.231. The lowest BCUT2D eigenvalue weighted by atomic mass is 9.91. The van der Waals surface area contributed by atoms with Gasteiger partial charge in [-0.3, -0.25) is 5.43 Å². The maximum atomic E-state index is 11.8. The Hall–Kier alpha value is -2.12. The van der Waals surface area contributed by atoms with Crippen molar-refractivity contribution < 1.29 is 24.7 Å². The van der Waals surface area contributed by atoms with Gasteiger partial charge in [0.2, 0.25) is 0 Å². The molecule has 3 rings (SSSR count). The lowest BCUT2D eigenvalue weighted by Crippen LogP contribution is -2.95. The summed E-state index contributed by atoms with van der Waals surface area (Å²) in [6.07, 6.45) is 14.2. The number of hydrogen-bond acceptors (Lipinski definition) is 5. The van der Waals surface area contributed by atoms with Crippen LogP contribution in [0.4, 0.5) is 4.79 Å². The predicted octanol–water partition coefficient (Wildman–Crippen LogP) is 3.28. The van der Waals surface area contributed by atoms with Gasteiger partial charge in [0.05, 0.1) is 24.1 Å². The van der Waals surface area contributed by atoms with Crippen LogP contribution in [0, 0.1) is 0 Å². The molecule has 0 radical (unpaired) electrons. The first-order chi connectivity index (χ1) is 16.1. The van der Waals surface area contributed by atoms with Crippen LogP contribution in [0.3, 0.4) is 0 Å². The van der Waals surface area contributed by atoms with Gasteiger partial charge in [0, 0.05) is 6.54 Å². The molecule has 3 N–H and O–H groups in total. The molecule has 0 bridgehead atoms. The van der Waals surface area contributed by atoms with E-state index in [-0.39, 0.29) is 6.54 Å². The zero-order chi connectivity index (χ0) is 25.0. The number of carbonyl (C=O) groups excluding carboxylic acids is 2. The van der Waals surface area contributed by atoms with Crippen LogP contribution >= 0.6 is 0 Å². The molecule has 2 fully saturated rings. The van der Waals surface area contributed by atoms with Crippen LogP contribution < -0.4 is 15.8 Å². The lowest BCUT2D eigenvalue weighted by molar-refractivity contribution is -0.725. The Morgan fingerprint density at radius 3 is 1.94 bits per heavy atom. The molecule has 0 aromatic heterocycles. The Labute approximate surface area is 205 Å². The molecule has 2 aliphatic rings. The standard InChI is InChI=1S/C15H22N2O4.C12H23N/c1-11(13(18)19)17(10-12-8-6-5-7-9-12)16-14(20)21-15(2,3)4;1-3-7-11(8-4-1)13-12-9-5-2-6-10-12/h5-9,11H,10H2,1-4H3,(H,16,20)(H,18,19);11-13H,1-10H2/t11-;/m0./s1. The molecule has 2 saturated carbocycles. The number of hydrogen-bond donors (Lipinski definition) is 2. The number of benzene rings is 1. The van der Waals surface area contributed by atoms with Crippen molar-refractivity contribution in [3.8, 4) is 0 Å². The molecule has 1 amide bonds. The zero-order valence-electron chi connectivity index (χ0n) is 21.6. The first-order valence-corrected chi connectivity index (χ1v) is 13.0. The van der Waals surface area contributed by atoms with Crippen LogP contribution in [0.5, 0.6) is 0 Å². The number of carbonyl (C=O) groups is 2. The number of carboxylic acids is 1. The number of rotatable bonds is 7. The third-order valence-electron chi connectivity index (χ3n) is 6.48. The molecule has 1 atom stereocenters. The van der Waals surface area contributed by atoms with Gasteiger partial charge in [0.1, 0.15) is 5.60 Å². The highest BCUT2D eigenvalue weighted by Gasteiger charge is 2.23. The summed E-state index contributed by atoms with van der Waals surface area (Å²) in [4.78, 5) is 22.9. The molecule has 0 spiro atoms. The minimum Gasteiger partial charge on any atom is -0.548 e. The molecule has 0 unspecified atom stereocenters. The van der Waals surface area contributed by atoms with E-state index in [9.17, 15) is 14.7 Å². The first-order valence-electron chi connectivity index (χ1n) is 13.0. The smallest absolute Gasteiger partial charge is 0.422 e. The Balaban J connectivity index is 0.000000266. The second-order valence-corrected chi connectivity index (χ2v) is 10.7. The zero-order valence-corrected chi connectivity index (χ0v) is 21.6. The molecule has 192 valence electrons. The van der Waals surface area contributed by atoms with E-state index in [4.69, 9.17) is 4.74 Å². The number of nitrogens with one attached hydrogen (secondary N) is 1. The normalized spacial score (nSPS) is 18.5. The molecule has 1 aromatic carbocycles. The van der Waals surface area contributed by atoms with Crippen molar-refractivity contribution in [2.45, 2.75) is 122 Å². The van der Waals surface area contributed by atoms with Gasteiger partial charge in [-0.2, -0.15) is 0 Å². The highest BCUT2D eigenvalue weighted by molar-refractivity contribution is 5.72. The van der Waals surface area contributed by atoms with Gasteiger partial charge in [-0.05, 0) is 84.6 Å². The summed E-state index contributed by atoms with van der Waals surface area (Å²) in [7, 11) is 0. The molecule has 0 saturated heterocycles. The number of ether oxygens (including phenoxy) is 1. The fourth-order valence-corrected chi connectivity index (χ4v) is 4.64. The lowest BCUT2D eigenvalue weighted by Gasteiger charge is -2.31. The van der Waals surface area contributed by atoms with Gasteiger partial charge in [-0.25, -0.2) is 9.80 Å². The van der Waals surface area contributed by atoms with E-state index in [0.717, 1.165) is 17.6 Å². The number of amides is 1. The number of carboxylic acid groups (broad SMARTS) is 1. The molecular weight excluding hydrogens is 430 g/mol. The van der Waals surface area contributed by atoms with Crippen molar-refractivity contribution in [2.24, 2.45) is 0 Å². The van der Waals surface area contributed by atoms with Crippen molar-refractivity contribution in [3.05, 3.63) is 35.9 Å². The van der Waals surface area contributed by atoms with Crippen LogP contribution in [0.1, 0.15) is 97.5 Å². The van der Waals surface area contributed by atoms with E-state index >= 15 is 0 Å². The van der Waals surface area contributed by atoms with Crippen LogP contribution in [0.25, 0.3) is 0 Å². The van der Waals surface area contributed by atoms with Crippen molar-refractivity contribution in [1.82, 2.24) is 10.4 Å². The third kappa shape index (κ3) is 11.3. The van der Waals surface area contributed by atoms with Crippen molar-refractivity contribution in [1.29, 1.82) is 0 Å². The van der Waals surface area contributed by atoms with Crippen LogP contribution in [0.15, 0.2) is 30.3 Å². The number of nitrogens with two attached hydrogens (primary N) is 1. The highest BCUT2D eigenvalue weighted by Crippen LogP contribution is 2.18. The summed E-state index contributed by atoms with van der Waals surface area (Å²) >= 11 is 0. The van der Waals surface area contributed by atoms with Gasteiger partial charge in [0.25, 0.3) is 0 Å². The third-order valence-corrected chi connectivity index (χ3v) is 6.48. The molecule has 34 heavy (non-hydrogen) atoms. The van der Waals surface area contributed by atoms with Crippen molar-refractivity contribution in [3.63, 3.8) is 0 Å². The van der Waals surface area contributed by atoms with Crippen LogP contribution in [-0.2, 0) is 16.1 Å². The summed E-state index contributed by atoms with van der Waals surface area (Å²) < 4.78 is 5.13. The summed E-state index contributed by atoms with van der Waals surface area (Å²) in [5, 5.41) is 15.0. The number of hydrazine groups is 1. The molecule has 1 aromatic rings. The van der Waals surface area contributed by atoms with E-state index in [1.807, 2.05) is 30.3 Å². The second kappa shape index (κ2) is 14.3. The maximum Gasteiger partial charge on any atom is 0.422 e. The van der Waals surface area contributed by atoms with E-state index in [1.165, 1.54) is 76.1 Å². The Morgan fingerprint density at radius 1 is 1.00 bits per heavy atom. The quantitative estimate of drug-likeness (QED) is 0.590. The van der Waals surface area contributed by atoms with Crippen LogP contribution in [0.2, 0.25) is 0 Å². The van der Waals surface area contributed by atoms with Gasteiger partial charge < -0.3 is 20.0 Å². The maximum absolute atomic E-state index is 11.8. The fourth-order valence-electron chi connectivity index (χ4n) is 4.64. The van der Waals surface area contributed by atoms with E-state index in [0.29, 0.717) is 0 Å². The summed E-state index contributed by atoms with van der Waals surface area (Å²) in [6, 6.07) is 10.2. The number of nitrogens with zero attached hydrogens (tertiary/aromatic N) is 1. The largest absolute Gasteiger partial charge is 0.548 e. The fraction of sp³-hybridized carbons (Fsp3) is 0.704. The Kier molecular flexibility index (Phi) is 11.8. The van der Waals surface area contributed by atoms with Gasteiger partial charge >= 0.3 is 6.09 Å². The Bertz CT molecular complexity index is 707. The van der Waals surface area contributed by atoms with Crippen molar-refractivity contribution >= 4 is 12.1 Å². The van der Waals surface area contributed by atoms with Gasteiger partial charge in [0.15, 0.2) is 0 Å². The number of quaternary nitrogens is 1. The summed E-state index contributed by atoms with van der Waals surface area (Å²) in [6.45, 7) is 6.87. The molecular formula is C27H45N3O4. The van der Waals surface area contributed by atoms with E-state index < -0.39 is 23.7 Å². The first kappa shape index (κ1) is 28.1. The molecule has 7 heteroatoms. The van der Waals surface area contributed by atoms with E-state index in [1.54, 1.807) is 20.8 Å². The molecule has 0 aliphatic heterocycles. The molecule has 7 nitrogen and oxygen atoms in total. The summed E-state index contributed by atoms with van der Waals surface area (Å²) in [5.41, 5.74) is 2.66. The SMILES string of the molecule is C1CCC([NH2+]C2CCCCC2)CC1.C[C@@H](C(=O)[O-])N(Cc1ccccc1)NC(=O)OC(C)(C)C. The second-order valence-electron chi connectivity index (χ2n) is 10.7. The molecule has 2 aliphatic carbocycles.